The van der Waals surface area contributed by atoms with Crippen molar-refractivity contribution in [2.45, 2.75) is 44.6 Å². The molecule has 0 aliphatic heterocycles. The second kappa shape index (κ2) is 6.01. The van der Waals surface area contributed by atoms with Crippen LogP contribution in [0.3, 0.4) is 0 Å². The first-order valence-corrected chi connectivity index (χ1v) is 6.67. The highest BCUT2D eigenvalue weighted by molar-refractivity contribution is 5.22. The van der Waals surface area contributed by atoms with Crippen molar-refractivity contribution in [1.29, 1.82) is 0 Å². The summed E-state index contributed by atoms with van der Waals surface area (Å²) in [5, 5.41) is 7.71. The molecule has 0 bridgehead atoms. The Hall–Kier alpha value is -1.09. The SMILES string of the molecule is CNC(C1=CCCCCCC1)c1ccnn1C. The maximum Gasteiger partial charge on any atom is 0.0705 e. The molecule has 0 fully saturated rings. The minimum absolute atomic E-state index is 0.334. The van der Waals surface area contributed by atoms with E-state index in [0.29, 0.717) is 6.04 Å². The van der Waals surface area contributed by atoms with Crippen LogP contribution in [0.2, 0.25) is 0 Å². The van der Waals surface area contributed by atoms with Crippen LogP contribution in [0, 0.1) is 0 Å². The second-order valence-corrected chi connectivity index (χ2v) is 4.83. The second-order valence-electron chi connectivity index (χ2n) is 4.83. The van der Waals surface area contributed by atoms with Gasteiger partial charge in [-0.15, -0.1) is 0 Å². The van der Waals surface area contributed by atoms with Gasteiger partial charge in [0.25, 0.3) is 0 Å². The third-order valence-electron chi connectivity index (χ3n) is 3.64. The molecule has 1 heterocycles. The van der Waals surface area contributed by atoms with E-state index in [9.17, 15) is 0 Å². The monoisotopic (exact) mass is 233 g/mol. The van der Waals surface area contributed by atoms with Gasteiger partial charge in [-0.2, -0.15) is 5.10 Å². The third kappa shape index (κ3) is 2.97. The minimum atomic E-state index is 0.334. The molecule has 1 aromatic heterocycles. The zero-order valence-electron chi connectivity index (χ0n) is 10.9. The van der Waals surface area contributed by atoms with Gasteiger partial charge in [0.15, 0.2) is 0 Å². The van der Waals surface area contributed by atoms with Crippen LogP contribution in [0.25, 0.3) is 0 Å². The smallest absolute Gasteiger partial charge is 0.0705 e. The summed E-state index contributed by atoms with van der Waals surface area (Å²) in [7, 11) is 4.06. The van der Waals surface area contributed by atoms with Gasteiger partial charge in [-0.1, -0.05) is 24.5 Å². The normalized spacial score (nSPS) is 19.3. The van der Waals surface area contributed by atoms with E-state index in [1.807, 2.05) is 25.0 Å². The van der Waals surface area contributed by atoms with Crippen LogP contribution in [0.5, 0.6) is 0 Å². The zero-order valence-corrected chi connectivity index (χ0v) is 10.9. The van der Waals surface area contributed by atoms with E-state index in [0.717, 1.165) is 0 Å². The van der Waals surface area contributed by atoms with Gasteiger partial charge in [0.2, 0.25) is 0 Å². The highest BCUT2D eigenvalue weighted by atomic mass is 15.3. The van der Waals surface area contributed by atoms with E-state index in [1.54, 1.807) is 0 Å². The molecule has 0 saturated heterocycles. The first-order valence-electron chi connectivity index (χ1n) is 6.67. The first-order chi connectivity index (χ1) is 8.33. The van der Waals surface area contributed by atoms with Gasteiger partial charge < -0.3 is 5.32 Å². The van der Waals surface area contributed by atoms with Gasteiger partial charge in [0, 0.05) is 13.2 Å². The Bertz CT molecular complexity index is 379. The molecule has 1 aliphatic rings. The van der Waals surface area contributed by atoms with Gasteiger partial charge in [-0.05, 0) is 38.8 Å². The van der Waals surface area contributed by atoms with Crippen LogP contribution in [0.4, 0.5) is 0 Å². The molecule has 3 heteroatoms. The molecule has 1 aliphatic carbocycles. The molecular weight excluding hydrogens is 210 g/mol. The summed E-state index contributed by atoms with van der Waals surface area (Å²) in [5.74, 6) is 0. The highest BCUT2D eigenvalue weighted by Crippen LogP contribution is 2.28. The van der Waals surface area contributed by atoms with Crippen molar-refractivity contribution < 1.29 is 0 Å². The molecule has 1 atom stereocenters. The molecule has 2 rings (SSSR count). The van der Waals surface area contributed by atoms with Crippen molar-refractivity contribution in [2.24, 2.45) is 7.05 Å². The highest BCUT2D eigenvalue weighted by Gasteiger charge is 2.17. The van der Waals surface area contributed by atoms with Gasteiger partial charge in [-0.3, -0.25) is 4.68 Å². The van der Waals surface area contributed by atoms with E-state index >= 15 is 0 Å². The van der Waals surface area contributed by atoms with Crippen LogP contribution >= 0.6 is 0 Å². The lowest BCUT2D eigenvalue weighted by molar-refractivity contribution is 0.546. The molecule has 0 amide bonds. The standard InChI is InChI=1S/C14H23N3/c1-15-14(13-10-11-16-17(13)2)12-8-6-4-3-5-7-9-12/h8,10-11,14-15H,3-7,9H2,1-2H3. The topological polar surface area (TPSA) is 29.9 Å². The maximum atomic E-state index is 4.27. The maximum absolute atomic E-state index is 4.27. The van der Waals surface area contributed by atoms with Crippen molar-refractivity contribution in [3.63, 3.8) is 0 Å². The Morgan fingerprint density at radius 1 is 1.29 bits per heavy atom. The van der Waals surface area contributed by atoms with Crippen LogP contribution < -0.4 is 5.32 Å². The Kier molecular flexibility index (Phi) is 4.37. The number of nitrogens with one attached hydrogen (secondary N) is 1. The molecule has 1 aromatic rings. The largest absolute Gasteiger partial charge is 0.308 e. The molecule has 94 valence electrons. The number of likely N-dealkylation sites (N-methyl/N-ethyl adjacent to an activating group) is 1. The van der Waals surface area contributed by atoms with E-state index in [4.69, 9.17) is 0 Å². The number of aryl methyl sites for hydroxylation is 1. The van der Waals surface area contributed by atoms with Crippen molar-refractivity contribution in [2.75, 3.05) is 7.05 Å². The molecule has 3 nitrogen and oxygen atoms in total. The molecule has 0 spiro atoms. The summed E-state index contributed by atoms with van der Waals surface area (Å²) >= 11 is 0. The minimum Gasteiger partial charge on any atom is -0.308 e. The molecule has 0 aromatic carbocycles. The Labute approximate surface area is 104 Å². The summed E-state index contributed by atoms with van der Waals surface area (Å²) in [6, 6.07) is 2.45. The number of rotatable bonds is 3. The van der Waals surface area contributed by atoms with Crippen molar-refractivity contribution in [3.05, 3.63) is 29.6 Å². The van der Waals surface area contributed by atoms with E-state index in [-0.39, 0.29) is 0 Å². The predicted molar refractivity (Wildman–Crippen MR) is 70.8 cm³/mol. The predicted octanol–water partition coefficient (Wildman–Crippen LogP) is 2.96. The lowest BCUT2D eigenvalue weighted by Crippen LogP contribution is -2.22. The molecule has 17 heavy (non-hydrogen) atoms. The van der Waals surface area contributed by atoms with Crippen molar-refractivity contribution in [3.8, 4) is 0 Å². The Balaban J connectivity index is 2.19. The molecule has 0 radical (unpaired) electrons. The molecule has 1 N–H and O–H groups in total. The van der Waals surface area contributed by atoms with Gasteiger partial charge in [0.05, 0.1) is 11.7 Å². The van der Waals surface area contributed by atoms with Crippen molar-refractivity contribution in [1.82, 2.24) is 15.1 Å². The Morgan fingerprint density at radius 2 is 2.12 bits per heavy atom. The van der Waals surface area contributed by atoms with Gasteiger partial charge in [-0.25, -0.2) is 0 Å². The van der Waals surface area contributed by atoms with E-state index < -0.39 is 0 Å². The average Bonchev–Trinajstić information content (AvgIpc) is 2.69. The van der Waals surface area contributed by atoms with Crippen molar-refractivity contribution >= 4 is 0 Å². The Morgan fingerprint density at radius 3 is 2.82 bits per heavy atom. The third-order valence-corrected chi connectivity index (χ3v) is 3.64. The molecule has 0 saturated carbocycles. The summed E-state index contributed by atoms with van der Waals surface area (Å²) in [6.07, 6.45) is 12.2. The quantitative estimate of drug-likeness (QED) is 0.813. The summed E-state index contributed by atoms with van der Waals surface area (Å²) < 4.78 is 1.97. The zero-order chi connectivity index (χ0) is 12.1. The molecular formula is C14H23N3. The lowest BCUT2D eigenvalue weighted by atomic mass is 9.93. The summed E-state index contributed by atoms with van der Waals surface area (Å²) in [5.41, 5.74) is 2.80. The summed E-state index contributed by atoms with van der Waals surface area (Å²) in [4.78, 5) is 0. The molecule has 1 unspecified atom stereocenters. The van der Waals surface area contributed by atoms with E-state index in [2.05, 4.69) is 22.6 Å². The number of hydrogen-bond acceptors (Lipinski definition) is 2. The van der Waals surface area contributed by atoms with Gasteiger partial charge >= 0.3 is 0 Å². The van der Waals surface area contributed by atoms with Gasteiger partial charge in [0.1, 0.15) is 0 Å². The number of hydrogen-bond donors (Lipinski definition) is 1. The fraction of sp³-hybridized carbons (Fsp3) is 0.643. The number of allylic oxidation sites excluding steroid dienone is 1. The van der Waals surface area contributed by atoms with Crippen LogP contribution in [-0.2, 0) is 7.05 Å². The fourth-order valence-corrected chi connectivity index (χ4v) is 2.67. The van der Waals surface area contributed by atoms with E-state index in [1.165, 1.54) is 49.8 Å². The number of aromatic nitrogens is 2. The van der Waals surface area contributed by atoms with Crippen LogP contribution in [0.1, 0.15) is 50.3 Å². The fourth-order valence-electron chi connectivity index (χ4n) is 2.67. The van der Waals surface area contributed by atoms with Crippen LogP contribution in [-0.4, -0.2) is 16.8 Å². The average molecular weight is 233 g/mol. The van der Waals surface area contributed by atoms with Crippen LogP contribution in [0.15, 0.2) is 23.9 Å². The summed E-state index contributed by atoms with van der Waals surface area (Å²) in [6.45, 7) is 0. The number of nitrogens with zero attached hydrogens (tertiary/aromatic N) is 2. The first kappa shape index (κ1) is 12.4. The lowest BCUT2D eigenvalue weighted by Gasteiger charge is -2.22.